The molecular formula is C9H8FNO2S. The Kier molecular flexibility index (Phi) is 2.87. The van der Waals surface area contributed by atoms with Gasteiger partial charge in [0.05, 0.1) is 12.5 Å². The first-order valence-corrected chi connectivity index (χ1v) is 5.69. The summed E-state index contributed by atoms with van der Waals surface area (Å²) in [6, 6.07) is 5.53. The van der Waals surface area contributed by atoms with Gasteiger partial charge in [-0.05, 0) is 17.7 Å². The molecule has 0 radical (unpaired) electrons. The summed E-state index contributed by atoms with van der Waals surface area (Å²) in [4.78, 5) is -0.334. The van der Waals surface area contributed by atoms with Gasteiger partial charge in [0, 0.05) is 6.26 Å². The van der Waals surface area contributed by atoms with Crippen LogP contribution in [0.25, 0.3) is 0 Å². The largest absolute Gasteiger partial charge is 0.224 e. The van der Waals surface area contributed by atoms with Crippen molar-refractivity contribution in [3.63, 3.8) is 0 Å². The van der Waals surface area contributed by atoms with Crippen LogP contribution in [0.1, 0.15) is 5.56 Å². The Hall–Kier alpha value is -1.41. The Labute approximate surface area is 81.7 Å². The lowest BCUT2D eigenvalue weighted by molar-refractivity contribution is 0.570. The van der Waals surface area contributed by atoms with Gasteiger partial charge in [-0.1, -0.05) is 6.07 Å². The summed E-state index contributed by atoms with van der Waals surface area (Å²) in [5.74, 6) is -0.805. The Morgan fingerprint density at radius 2 is 2.14 bits per heavy atom. The van der Waals surface area contributed by atoms with Crippen molar-refractivity contribution < 1.29 is 12.8 Å². The van der Waals surface area contributed by atoms with Gasteiger partial charge in [-0.15, -0.1) is 0 Å². The predicted molar refractivity (Wildman–Crippen MR) is 48.8 cm³/mol. The van der Waals surface area contributed by atoms with E-state index in [1.807, 2.05) is 6.07 Å². The summed E-state index contributed by atoms with van der Waals surface area (Å²) in [6.45, 7) is 0. The highest BCUT2D eigenvalue weighted by atomic mass is 32.2. The lowest BCUT2D eigenvalue weighted by atomic mass is 10.2. The SMILES string of the molecule is CS(=O)(=O)c1ccc(CC#N)cc1F. The average Bonchev–Trinajstić information content (AvgIpc) is 2.02. The second-order valence-corrected chi connectivity index (χ2v) is 4.86. The van der Waals surface area contributed by atoms with Crippen molar-refractivity contribution in [3.8, 4) is 6.07 Å². The molecule has 0 aliphatic heterocycles. The van der Waals surface area contributed by atoms with Gasteiger partial charge in [0.15, 0.2) is 9.84 Å². The minimum atomic E-state index is -3.52. The molecular weight excluding hydrogens is 205 g/mol. The van der Waals surface area contributed by atoms with E-state index in [2.05, 4.69) is 0 Å². The summed E-state index contributed by atoms with van der Waals surface area (Å²) in [6.07, 6.45) is 1.01. The Balaban J connectivity index is 3.23. The molecule has 0 unspecified atom stereocenters. The lowest BCUT2D eigenvalue weighted by Gasteiger charge is -2.01. The standard InChI is InChI=1S/C9H8FNO2S/c1-14(12,13)9-3-2-7(4-5-11)6-8(9)10/h2-3,6H,4H2,1H3. The van der Waals surface area contributed by atoms with Gasteiger partial charge in [0.2, 0.25) is 0 Å². The minimum absolute atomic E-state index is 0.0704. The number of hydrogen-bond acceptors (Lipinski definition) is 3. The first-order valence-electron chi connectivity index (χ1n) is 3.80. The van der Waals surface area contributed by atoms with E-state index >= 15 is 0 Å². The molecule has 0 saturated heterocycles. The summed E-state index contributed by atoms with van der Waals surface area (Å²) in [5, 5.41) is 8.35. The number of rotatable bonds is 2. The van der Waals surface area contributed by atoms with Crippen molar-refractivity contribution in [2.75, 3.05) is 6.26 Å². The Morgan fingerprint density at radius 3 is 2.57 bits per heavy atom. The third-order valence-corrected chi connectivity index (χ3v) is 2.81. The molecule has 14 heavy (non-hydrogen) atoms. The summed E-state index contributed by atoms with van der Waals surface area (Å²) >= 11 is 0. The van der Waals surface area contributed by atoms with Crippen molar-refractivity contribution >= 4 is 9.84 Å². The molecule has 1 rings (SSSR count). The van der Waals surface area contributed by atoms with Crippen LogP contribution >= 0.6 is 0 Å². The molecule has 0 amide bonds. The number of hydrogen-bond donors (Lipinski definition) is 0. The van der Waals surface area contributed by atoms with Crippen molar-refractivity contribution in [2.24, 2.45) is 0 Å². The van der Waals surface area contributed by atoms with Crippen molar-refractivity contribution in [1.82, 2.24) is 0 Å². The summed E-state index contributed by atoms with van der Waals surface area (Å²) in [5.41, 5.74) is 0.470. The second kappa shape index (κ2) is 3.76. The van der Waals surface area contributed by atoms with Crippen molar-refractivity contribution in [3.05, 3.63) is 29.6 Å². The molecule has 0 spiro atoms. The van der Waals surface area contributed by atoms with Crippen LogP contribution in [0.3, 0.4) is 0 Å². The quantitative estimate of drug-likeness (QED) is 0.743. The number of halogens is 1. The number of sulfone groups is 1. The average molecular weight is 213 g/mol. The van der Waals surface area contributed by atoms with E-state index in [1.54, 1.807) is 0 Å². The van der Waals surface area contributed by atoms with E-state index in [9.17, 15) is 12.8 Å². The monoisotopic (exact) mass is 213 g/mol. The van der Waals surface area contributed by atoms with Gasteiger partial charge in [-0.3, -0.25) is 0 Å². The fourth-order valence-corrected chi connectivity index (χ4v) is 1.77. The fourth-order valence-electron chi connectivity index (χ4n) is 1.05. The predicted octanol–water partition coefficient (Wildman–Crippen LogP) is 1.30. The molecule has 0 bridgehead atoms. The smallest absolute Gasteiger partial charge is 0.178 e. The van der Waals surface area contributed by atoms with E-state index < -0.39 is 15.7 Å². The molecule has 0 aromatic heterocycles. The maximum Gasteiger partial charge on any atom is 0.178 e. The van der Waals surface area contributed by atoms with Gasteiger partial charge in [-0.2, -0.15) is 5.26 Å². The van der Waals surface area contributed by atoms with Gasteiger partial charge < -0.3 is 0 Å². The molecule has 5 heteroatoms. The number of nitriles is 1. The molecule has 0 heterocycles. The van der Waals surface area contributed by atoms with E-state index in [0.717, 1.165) is 12.3 Å². The van der Waals surface area contributed by atoms with Crippen LogP contribution in [-0.4, -0.2) is 14.7 Å². The van der Waals surface area contributed by atoms with E-state index in [-0.39, 0.29) is 11.3 Å². The fraction of sp³-hybridized carbons (Fsp3) is 0.222. The maximum absolute atomic E-state index is 13.2. The van der Waals surface area contributed by atoms with Crippen LogP contribution in [0.15, 0.2) is 23.1 Å². The van der Waals surface area contributed by atoms with Crippen LogP contribution in [0.4, 0.5) is 4.39 Å². The zero-order valence-electron chi connectivity index (χ0n) is 7.49. The molecule has 0 atom stereocenters. The highest BCUT2D eigenvalue weighted by Gasteiger charge is 2.13. The highest BCUT2D eigenvalue weighted by Crippen LogP contribution is 2.15. The maximum atomic E-state index is 13.2. The number of nitrogens with zero attached hydrogens (tertiary/aromatic N) is 1. The van der Waals surface area contributed by atoms with Crippen LogP contribution < -0.4 is 0 Å². The molecule has 74 valence electrons. The lowest BCUT2D eigenvalue weighted by Crippen LogP contribution is -2.01. The molecule has 0 N–H and O–H groups in total. The van der Waals surface area contributed by atoms with Gasteiger partial charge in [-0.25, -0.2) is 12.8 Å². The molecule has 3 nitrogen and oxygen atoms in total. The van der Waals surface area contributed by atoms with Crippen LogP contribution in [0.5, 0.6) is 0 Å². The van der Waals surface area contributed by atoms with E-state index in [1.165, 1.54) is 12.1 Å². The highest BCUT2D eigenvalue weighted by molar-refractivity contribution is 7.90. The molecule has 0 aliphatic carbocycles. The normalized spacial score (nSPS) is 10.9. The summed E-state index contributed by atoms with van der Waals surface area (Å²) in [7, 11) is -3.52. The number of benzene rings is 1. The molecule has 0 fully saturated rings. The van der Waals surface area contributed by atoms with Crippen molar-refractivity contribution in [2.45, 2.75) is 11.3 Å². The van der Waals surface area contributed by atoms with Crippen molar-refractivity contribution in [1.29, 1.82) is 5.26 Å². The zero-order chi connectivity index (χ0) is 10.8. The first-order chi connectivity index (χ1) is 6.45. The Morgan fingerprint density at radius 1 is 1.50 bits per heavy atom. The molecule has 1 aromatic carbocycles. The second-order valence-electron chi connectivity index (χ2n) is 2.87. The van der Waals surface area contributed by atoms with E-state index in [4.69, 9.17) is 5.26 Å². The third kappa shape index (κ3) is 2.30. The summed E-state index contributed by atoms with van der Waals surface area (Å²) < 4.78 is 35.2. The van der Waals surface area contributed by atoms with Gasteiger partial charge >= 0.3 is 0 Å². The molecule has 0 aliphatic rings. The Bertz CT molecular complexity index is 488. The zero-order valence-corrected chi connectivity index (χ0v) is 8.31. The minimum Gasteiger partial charge on any atom is -0.224 e. The van der Waals surface area contributed by atoms with E-state index in [0.29, 0.717) is 5.56 Å². The van der Waals surface area contributed by atoms with Crippen LogP contribution in [-0.2, 0) is 16.3 Å². The molecule has 0 saturated carbocycles. The molecule has 1 aromatic rings. The first kappa shape index (κ1) is 10.7. The van der Waals surface area contributed by atoms with Gasteiger partial charge in [0.25, 0.3) is 0 Å². The third-order valence-electron chi connectivity index (χ3n) is 1.68. The van der Waals surface area contributed by atoms with Crippen LogP contribution in [0.2, 0.25) is 0 Å². The van der Waals surface area contributed by atoms with Gasteiger partial charge in [0.1, 0.15) is 10.7 Å². The topological polar surface area (TPSA) is 57.9 Å². The van der Waals surface area contributed by atoms with Crippen LogP contribution in [0, 0.1) is 17.1 Å².